The van der Waals surface area contributed by atoms with Crippen molar-refractivity contribution in [3.8, 4) is 22.4 Å². The number of hydrogen-bond acceptors (Lipinski definition) is 1. The summed E-state index contributed by atoms with van der Waals surface area (Å²) in [6, 6.07) is 25.5. The molecule has 0 saturated carbocycles. The second-order valence-electron chi connectivity index (χ2n) is 5.58. The van der Waals surface area contributed by atoms with Gasteiger partial charge < -0.3 is 24.8 Å². The van der Waals surface area contributed by atoms with Crippen molar-refractivity contribution in [1.82, 2.24) is 4.98 Å². The second kappa shape index (κ2) is 9.39. The van der Waals surface area contributed by atoms with E-state index in [1.54, 1.807) is 0 Å². The average molecular weight is 444 g/mol. The van der Waals surface area contributed by atoms with Crippen molar-refractivity contribution < 1.29 is 51.0 Å². The summed E-state index contributed by atoms with van der Waals surface area (Å²) < 4.78 is 0. The summed E-state index contributed by atoms with van der Waals surface area (Å²) >= 11 is 0. The van der Waals surface area contributed by atoms with Crippen LogP contribution in [0, 0.1) is 6.92 Å². The summed E-state index contributed by atoms with van der Waals surface area (Å²) in [4.78, 5) is 4.51. The van der Waals surface area contributed by atoms with Gasteiger partial charge in [0.1, 0.15) is 0 Å². The molecule has 0 spiro atoms. The van der Waals surface area contributed by atoms with Crippen LogP contribution < -0.4 is 24.8 Å². The predicted molar refractivity (Wildman–Crippen MR) is 92.9 cm³/mol. The normalized spacial score (nSPS) is 9.64. The zero-order valence-corrected chi connectivity index (χ0v) is 17.7. The molecule has 4 heteroatoms. The molecule has 4 rings (SSSR count). The number of hydrogen-bond donors (Lipinski definition) is 0. The van der Waals surface area contributed by atoms with Gasteiger partial charge in [-0.3, -0.25) is 4.98 Å². The van der Waals surface area contributed by atoms with Gasteiger partial charge in [0.05, 0.1) is 5.69 Å². The van der Waals surface area contributed by atoms with Crippen LogP contribution in [-0.4, -0.2) is 4.98 Å². The number of fused-ring (bicyclic) bond motifs is 1. The van der Waals surface area contributed by atoms with Crippen molar-refractivity contribution in [3.05, 3.63) is 84.6 Å². The minimum absolute atomic E-state index is 0. The summed E-state index contributed by atoms with van der Waals surface area (Å²) in [7, 11) is 0. The van der Waals surface area contributed by atoms with E-state index >= 15 is 0 Å². The number of aryl methyl sites for hydroxylation is 1. The first-order chi connectivity index (χ1) is 10.8. The van der Waals surface area contributed by atoms with E-state index in [4.69, 9.17) is 0 Å². The molecule has 1 heterocycles. The number of benzene rings is 2. The van der Waals surface area contributed by atoms with Gasteiger partial charge in [-0.05, 0) is 17.7 Å². The predicted octanol–water partition coefficient (Wildman–Crippen LogP) is -0.398. The van der Waals surface area contributed by atoms with Gasteiger partial charge in [0.15, 0.2) is 0 Å². The van der Waals surface area contributed by atoms with Crippen molar-refractivity contribution in [2.45, 2.75) is 6.92 Å². The largest absolute Gasteiger partial charge is 3.00 e. The smallest absolute Gasteiger partial charge is 1.00 e. The van der Waals surface area contributed by atoms with Crippen LogP contribution in [0.25, 0.3) is 33.2 Å². The van der Waals surface area contributed by atoms with Crippen LogP contribution in [0.3, 0.4) is 0 Å². The first-order valence-corrected chi connectivity index (χ1v) is 7.50. The number of pyridine rings is 1. The molecule has 4 aromatic rings. The van der Waals surface area contributed by atoms with Gasteiger partial charge in [0.25, 0.3) is 0 Å². The van der Waals surface area contributed by atoms with Gasteiger partial charge in [-0.2, -0.15) is 0 Å². The van der Waals surface area contributed by atoms with Gasteiger partial charge in [-0.25, -0.2) is 0 Å². The van der Waals surface area contributed by atoms with Crippen molar-refractivity contribution in [3.63, 3.8) is 0 Å². The maximum atomic E-state index is 4.51. The molecular weight excluding hydrogens is 428 g/mol. The van der Waals surface area contributed by atoms with Crippen LogP contribution in [0.2, 0.25) is 0 Å². The molecule has 0 atom stereocenters. The van der Waals surface area contributed by atoms with Crippen molar-refractivity contribution in [2.24, 2.45) is 0 Å². The molecular formula is C21H16Cl2NZr. The molecule has 0 N–H and O–H groups in total. The molecule has 0 aliphatic heterocycles. The molecule has 0 amide bonds. The van der Waals surface area contributed by atoms with Crippen LogP contribution in [0.5, 0.6) is 0 Å². The second-order valence-corrected chi connectivity index (χ2v) is 5.58. The molecule has 0 fully saturated rings. The zero-order chi connectivity index (χ0) is 14.9. The molecule has 0 saturated heterocycles. The monoisotopic (exact) mass is 442 g/mol. The van der Waals surface area contributed by atoms with Crippen LogP contribution in [0.15, 0.2) is 79.0 Å². The van der Waals surface area contributed by atoms with E-state index < -0.39 is 0 Å². The molecule has 25 heavy (non-hydrogen) atoms. The molecule has 123 valence electrons. The Balaban J connectivity index is 0.00000104. The van der Waals surface area contributed by atoms with E-state index in [1.807, 2.05) is 18.3 Å². The quantitative estimate of drug-likeness (QED) is 0.384. The third-order valence-electron chi connectivity index (χ3n) is 4.15. The minimum Gasteiger partial charge on any atom is -1.00 e. The Morgan fingerprint density at radius 3 is 2.24 bits per heavy atom. The molecule has 0 aliphatic rings. The maximum Gasteiger partial charge on any atom is 3.00 e. The fourth-order valence-electron chi connectivity index (χ4n) is 2.99. The number of nitrogens with zero attached hydrogens (tertiary/aromatic N) is 1. The summed E-state index contributed by atoms with van der Waals surface area (Å²) in [5.41, 5.74) is 6.05. The van der Waals surface area contributed by atoms with Crippen molar-refractivity contribution in [2.75, 3.05) is 0 Å². The molecule has 3 aromatic carbocycles. The number of halogens is 2. The van der Waals surface area contributed by atoms with Crippen molar-refractivity contribution >= 4 is 10.8 Å². The number of rotatable bonds is 2. The third-order valence-corrected chi connectivity index (χ3v) is 4.15. The Morgan fingerprint density at radius 2 is 1.56 bits per heavy atom. The van der Waals surface area contributed by atoms with Gasteiger partial charge in [-0.1, -0.05) is 61.0 Å². The van der Waals surface area contributed by atoms with Gasteiger partial charge in [0.2, 0.25) is 0 Å². The average Bonchev–Trinajstić information content (AvgIpc) is 3.03. The Labute approximate surface area is 179 Å². The molecule has 1 nitrogen and oxygen atoms in total. The van der Waals surface area contributed by atoms with Crippen LogP contribution >= 0.6 is 0 Å². The Morgan fingerprint density at radius 1 is 0.840 bits per heavy atom. The Bertz CT molecular complexity index is 934. The summed E-state index contributed by atoms with van der Waals surface area (Å²) in [5, 5.41) is 2.58. The van der Waals surface area contributed by atoms with E-state index in [-0.39, 0.29) is 51.0 Å². The summed E-state index contributed by atoms with van der Waals surface area (Å²) in [6.45, 7) is 2.17. The van der Waals surface area contributed by atoms with E-state index in [1.165, 1.54) is 33.0 Å². The third kappa shape index (κ3) is 4.26. The van der Waals surface area contributed by atoms with E-state index in [9.17, 15) is 0 Å². The van der Waals surface area contributed by atoms with Crippen molar-refractivity contribution in [1.29, 1.82) is 0 Å². The SMILES string of the molecule is Cc1ccc(-c2ccccn2)c2cc(-c3ccccc3)[cH-]c12.[Cl-].[Cl-].[Zr+3]. The molecule has 0 bridgehead atoms. The fraction of sp³-hybridized carbons (Fsp3) is 0.0476. The summed E-state index contributed by atoms with van der Waals surface area (Å²) in [5.74, 6) is 0. The van der Waals surface area contributed by atoms with Gasteiger partial charge in [0, 0.05) is 6.20 Å². The first kappa shape index (κ1) is 21.7. The Hall–Kier alpha value is -1.34. The maximum absolute atomic E-state index is 4.51. The summed E-state index contributed by atoms with van der Waals surface area (Å²) in [6.07, 6.45) is 1.85. The van der Waals surface area contributed by atoms with E-state index in [2.05, 4.69) is 72.6 Å². The zero-order valence-electron chi connectivity index (χ0n) is 13.7. The van der Waals surface area contributed by atoms with Gasteiger partial charge >= 0.3 is 26.2 Å². The molecule has 1 radical (unpaired) electrons. The van der Waals surface area contributed by atoms with Crippen LogP contribution in [-0.2, 0) is 26.2 Å². The number of aromatic nitrogens is 1. The fourth-order valence-corrected chi connectivity index (χ4v) is 2.99. The Kier molecular flexibility index (Phi) is 8.15. The van der Waals surface area contributed by atoms with E-state index in [0.717, 1.165) is 5.69 Å². The van der Waals surface area contributed by atoms with Crippen LogP contribution in [0.1, 0.15) is 5.56 Å². The standard InChI is InChI=1S/C21H16N.2ClH.Zr/c1-15-10-11-18(21-9-5-6-12-22-21)20-14-17(13-19(15)20)16-7-3-2-4-8-16;;;/h2-14H,1H3;2*1H;/q-1;;;+3/p-2. The first-order valence-electron chi connectivity index (χ1n) is 7.50. The molecule has 0 aliphatic carbocycles. The molecule has 0 unspecified atom stereocenters. The minimum atomic E-state index is 0. The van der Waals surface area contributed by atoms with E-state index in [0.29, 0.717) is 0 Å². The van der Waals surface area contributed by atoms with Crippen LogP contribution in [0.4, 0.5) is 0 Å². The topological polar surface area (TPSA) is 12.9 Å². The van der Waals surface area contributed by atoms with Gasteiger partial charge in [-0.15, -0.1) is 34.0 Å². The molecule has 1 aromatic heterocycles.